The minimum atomic E-state index is -0.125. The Labute approximate surface area is 176 Å². The topological polar surface area (TPSA) is 75.9 Å². The Morgan fingerprint density at radius 3 is 2.70 bits per heavy atom. The van der Waals surface area contributed by atoms with Gasteiger partial charge in [0, 0.05) is 47.0 Å². The number of aromatic nitrogens is 5. The molecule has 0 fully saturated rings. The van der Waals surface area contributed by atoms with Crippen molar-refractivity contribution in [3.8, 4) is 21.8 Å². The zero-order chi connectivity index (χ0) is 20.7. The van der Waals surface area contributed by atoms with Gasteiger partial charge in [-0.1, -0.05) is 23.8 Å². The highest BCUT2D eigenvalue weighted by Gasteiger charge is 2.14. The van der Waals surface area contributed by atoms with Crippen LogP contribution in [-0.2, 0) is 6.42 Å². The Balaban J connectivity index is 1.51. The summed E-state index contributed by atoms with van der Waals surface area (Å²) in [6.07, 6.45) is 4.05. The van der Waals surface area contributed by atoms with Gasteiger partial charge in [-0.05, 0) is 32.0 Å². The fraction of sp³-hybridized carbons (Fsp3) is 0.130. The molecule has 0 unspecified atom stereocenters. The van der Waals surface area contributed by atoms with Gasteiger partial charge in [0.15, 0.2) is 5.65 Å². The number of hydrogen-bond donors (Lipinski definition) is 1. The molecule has 0 amide bonds. The fourth-order valence-corrected chi connectivity index (χ4v) is 4.38. The van der Waals surface area contributed by atoms with E-state index in [2.05, 4.69) is 29.1 Å². The number of benzene rings is 1. The molecule has 0 atom stereocenters. The van der Waals surface area contributed by atoms with Crippen LogP contribution in [0.4, 0.5) is 0 Å². The highest BCUT2D eigenvalue weighted by Crippen LogP contribution is 2.26. The molecule has 4 heterocycles. The Morgan fingerprint density at radius 2 is 1.90 bits per heavy atom. The summed E-state index contributed by atoms with van der Waals surface area (Å²) in [6.45, 7) is 4.04. The van der Waals surface area contributed by atoms with Crippen molar-refractivity contribution >= 4 is 17.0 Å². The number of thiazole rings is 1. The Hall–Kier alpha value is -3.58. The largest absolute Gasteiger partial charge is 0.289 e. The molecule has 30 heavy (non-hydrogen) atoms. The van der Waals surface area contributed by atoms with E-state index in [4.69, 9.17) is 9.97 Å². The summed E-state index contributed by atoms with van der Waals surface area (Å²) in [5, 5.41) is 6.13. The van der Waals surface area contributed by atoms with Crippen molar-refractivity contribution in [2.75, 3.05) is 0 Å². The molecule has 4 aromatic heterocycles. The third kappa shape index (κ3) is 3.33. The normalized spacial score (nSPS) is 11.3. The zero-order valence-electron chi connectivity index (χ0n) is 16.6. The molecule has 6 nitrogen and oxygen atoms in total. The average molecular weight is 414 g/mol. The third-order valence-electron chi connectivity index (χ3n) is 5.04. The van der Waals surface area contributed by atoms with Crippen LogP contribution in [0.2, 0.25) is 0 Å². The fourth-order valence-electron chi connectivity index (χ4n) is 3.56. The number of nitrogens with one attached hydrogen (secondary N) is 1. The molecule has 0 bridgehead atoms. The molecule has 5 aromatic rings. The van der Waals surface area contributed by atoms with Crippen molar-refractivity contribution in [2.45, 2.75) is 20.3 Å². The lowest BCUT2D eigenvalue weighted by molar-refractivity contribution is 0.880. The molecule has 5 rings (SSSR count). The van der Waals surface area contributed by atoms with E-state index in [0.717, 1.165) is 33.1 Å². The van der Waals surface area contributed by atoms with Gasteiger partial charge in [-0.15, -0.1) is 11.3 Å². The number of aryl methyl sites for hydroxylation is 2. The SMILES string of the molecule is Cc1cccc(-c2[nH]n3c(=O)cc(Cc4csc(-c5cccnc5)n4)nc3c2C)c1. The number of H-pyrrole nitrogens is 1. The summed E-state index contributed by atoms with van der Waals surface area (Å²) in [6, 6.07) is 13.7. The van der Waals surface area contributed by atoms with Crippen molar-refractivity contribution < 1.29 is 0 Å². The molecule has 0 radical (unpaired) electrons. The quantitative estimate of drug-likeness (QED) is 0.473. The second-order valence-corrected chi connectivity index (χ2v) is 8.15. The number of rotatable bonds is 4. The van der Waals surface area contributed by atoms with Crippen LogP contribution >= 0.6 is 11.3 Å². The first-order valence-electron chi connectivity index (χ1n) is 9.61. The van der Waals surface area contributed by atoms with Gasteiger partial charge in [-0.3, -0.25) is 14.9 Å². The second kappa shape index (κ2) is 7.35. The third-order valence-corrected chi connectivity index (χ3v) is 5.98. The molecule has 7 heteroatoms. The number of pyridine rings is 1. The van der Waals surface area contributed by atoms with Crippen molar-refractivity contribution in [1.29, 1.82) is 0 Å². The Morgan fingerprint density at radius 1 is 1.03 bits per heavy atom. The van der Waals surface area contributed by atoms with Crippen LogP contribution in [-0.4, -0.2) is 24.6 Å². The molecule has 0 aliphatic heterocycles. The number of hydrogen-bond acceptors (Lipinski definition) is 5. The maximum absolute atomic E-state index is 12.7. The highest BCUT2D eigenvalue weighted by molar-refractivity contribution is 7.13. The van der Waals surface area contributed by atoms with E-state index in [0.29, 0.717) is 17.8 Å². The molecular formula is C23H19N5OS. The number of nitrogens with zero attached hydrogens (tertiary/aromatic N) is 4. The standard InChI is InChI=1S/C23H19N5OS/c1-14-5-3-6-16(9-14)21-15(2)22-25-18(11-20(29)28(22)27-21)10-19-13-30-23(26-19)17-7-4-8-24-12-17/h3-9,11-13,27H,10H2,1-2H3. The van der Waals surface area contributed by atoms with Gasteiger partial charge in [-0.25, -0.2) is 14.5 Å². The van der Waals surface area contributed by atoms with Crippen LogP contribution in [0.3, 0.4) is 0 Å². The van der Waals surface area contributed by atoms with E-state index < -0.39 is 0 Å². The zero-order valence-corrected chi connectivity index (χ0v) is 17.4. The summed E-state index contributed by atoms with van der Waals surface area (Å²) in [4.78, 5) is 26.4. The van der Waals surface area contributed by atoms with Crippen LogP contribution in [0.25, 0.3) is 27.5 Å². The lowest BCUT2D eigenvalue weighted by atomic mass is 10.1. The molecule has 0 aliphatic rings. The monoisotopic (exact) mass is 413 g/mol. The van der Waals surface area contributed by atoms with Gasteiger partial charge >= 0.3 is 0 Å². The Bertz CT molecular complexity index is 1410. The van der Waals surface area contributed by atoms with E-state index in [1.54, 1.807) is 29.8 Å². The molecule has 0 saturated heterocycles. The minimum Gasteiger partial charge on any atom is -0.289 e. The first-order valence-corrected chi connectivity index (χ1v) is 10.5. The molecule has 0 aliphatic carbocycles. The van der Waals surface area contributed by atoms with Gasteiger partial charge in [0.1, 0.15) is 5.01 Å². The summed E-state index contributed by atoms with van der Waals surface area (Å²) in [5.41, 5.74) is 7.18. The molecule has 1 N–H and O–H groups in total. The predicted molar refractivity (Wildman–Crippen MR) is 119 cm³/mol. The average Bonchev–Trinajstić information content (AvgIpc) is 3.34. The molecule has 0 spiro atoms. The summed E-state index contributed by atoms with van der Waals surface area (Å²) >= 11 is 1.57. The van der Waals surface area contributed by atoms with Gasteiger partial charge in [0.25, 0.3) is 5.56 Å². The van der Waals surface area contributed by atoms with Crippen LogP contribution in [0.15, 0.2) is 65.0 Å². The van der Waals surface area contributed by atoms with E-state index >= 15 is 0 Å². The van der Waals surface area contributed by atoms with Gasteiger partial charge in [0.05, 0.1) is 17.1 Å². The lowest BCUT2D eigenvalue weighted by Gasteiger charge is -2.00. The molecule has 148 valence electrons. The minimum absolute atomic E-state index is 0.125. The Kier molecular flexibility index (Phi) is 4.52. The van der Waals surface area contributed by atoms with E-state index in [9.17, 15) is 4.79 Å². The van der Waals surface area contributed by atoms with E-state index in [1.165, 1.54) is 10.1 Å². The van der Waals surface area contributed by atoms with E-state index in [-0.39, 0.29) is 5.56 Å². The van der Waals surface area contributed by atoms with Crippen molar-refractivity contribution in [2.24, 2.45) is 0 Å². The first kappa shape index (κ1) is 18.4. The second-order valence-electron chi connectivity index (χ2n) is 7.29. The van der Waals surface area contributed by atoms with Crippen LogP contribution in [0.5, 0.6) is 0 Å². The van der Waals surface area contributed by atoms with Crippen molar-refractivity contribution in [3.63, 3.8) is 0 Å². The summed E-state index contributed by atoms with van der Waals surface area (Å²) in [7, 11) is 0. The van der Waals surface area contributed by atoms with Crippen molar-refractivity contribution in [3.05, 3.63) is 93.1 Å². The maximum atomic E-state index is 12.7. The predicted octanol–water partition coefficient (Wildman–Crippen LogP) is 4.42. The smallest absolute Gasteiger partial charge is 0.272 e. The maximum Gasteiger partial charge on any atom is 0.272 e. The molecule has 0 saturated carbocycles. The van der Waals surface area contributed by atoms with Crippen LogP contribution < -0.4 is 5.56 Å². The summed E-state index contributed by atoms with van der Waals surface area (Å²) < 4.78 is 1.51. The van der Waals surface area contributed by atoms with Crippen molar-refractivity contribution in [1.82, 2.24) is 24.6 Å². The highest BCUT2D eigenvalue weighted by atomic mass is 32.1. The van der Waals surface area contributed by atoms with Gasteiger partial charge in [0.2, 0.25) is 0 Å². The lowest BCUT2D eigenvalue weighted by Crippen LogP contribution is -2.16. The number of aromatic amines is 1. The van der Waals surface area contributed by atoms with Crippen LogP contribution in [0.1, 0.15) is 22.5 Å². The molecule has 1 aromatic carbocycles. The van der Waals surface area contributed by atoms with Gasteiger partial charge < -0.3 is 0 Å². The van der Waals surface area contributed by atoms with Gasteiger partial charge in [-0.2, -0.15) is 0 Å². The van der Waals surface area contributed by atoms with E-state index in [1.807, 2.05) is 36.6 Å². The number of fused-ring (bicyclic) bond motifs is 1. The molecular weight excluding hydrogens is 394 g/mol. The first-order chi connectivity index (χ1) is 14.6. The van der Waals surface area contributed by atoms with Crippen LogP contribution in [0, 0.1) is 13.8 Å². The summed E-state index contributed by atoms with van der Waals surface area (Å²) in [5.74, 6) is 0.